The van der Waals surface area contributed by atoms with Gasteiger partial charge in [0.25, 0.3) is 11.9 Å². The number of aliphatic imine (C=N–C) groups is 1. The maximum Gasteiger partial charge on any atom is 0.291 e. The Kier molecular flexibility index (Phi) is 8.42. The van der Waals surface area contributed by atoms with Crippen molar-refractivity contribution in [3.05, 3.63) is 57.6 Å². The highest BCUT2D eigenvalue weighted by atomic mass is 35.5. The number of amides is 1. The Labute approximate surface area is 174 Å². The van der Waals surface area contributed by atoms with Gasteiger partial charge in [-0.25, -0.2) is 4.99 Å². The number of hydrogen-bond acceptors (Lipinski definition) is 5. The molecule has 0 spiro atoms. The molecule has 150 valence electrons. The highest BCUT2D eigenvalue weighted by molar-refractivity contribution is 6.42. The summed E-state index contributed by atoms with van der Waals surface area (Å²) in [5, 5.41) is 3.34. The van der Waals surface area contributed by atoms with E-state index in [1.807, 2.05) is 25.1 Å². The molecule has 0 aliphatic rings. The van der Waals surface area contributed by atoms with Gasteiger partial charge in [0.15, 0.2) is 11.5 Å². The van der Waals surface area contributed by atoms with Crippen molar-refractivity contribution in [2.24, 2.45) is 4.99 Å². The molecule has 0 atom stereocenters. The van der Waals surface area contributed by atoms with Gasteiger partial charge in [-0.15, -0.1) is 0 Å². The first kappa shape index (κ1) is 21.9. The van der Waals surface area contributed by atoms with Gasteiger partial charge < -0.3 is 14.2 Å². The molecular weight excluding hydrogens is 403 g/mol. The zero-order chi connectivity index (χ0) is 20.5. The largest absolute Gasteiger partial charge is 0.493 e. The Morgan fingerprint density at radius 2 is 1.79 bits per heavy atom. The normalized spacial score (nSPS) is 11.1. The van der Waals surface area contributed by atoms with E-state index in [-0.39, 0.29) is 11.9 Å². The summed E-state index contributed by atoms with van der Waals surface area (Å²) in [6, 6.07) is 10.5. The lowest BCUT2D eigenvalue weighted by atomic mass is 10.1. The summed E-state index contributed by atoms with van der Waals surface area (Å²) in [6.45, 7) is 2.61. The van der Waals surface area contributed by atoms with Gasteiger partial charge in [0.1, 0.15) is 0 Å². The van der Waals surface area contributed by atoms with Crippen molar-refractivity contribution in [3.63, 3.8) is 0 Å². The average molecular weight is 425 g/mol. The second-order valence-electron chi connectivity index (χ2n) is 5.64. The monoisotopic (exact) mass is 424 g/mol. The third-order valence-corrected chi connectivity index (χ3v) is 4.53. The third-order valence-electron chi connectivity index (χ3n) is 3.79. The van der Waals surface area contributed by atoms with Crippen LogP contribution in [0, 0.1) is 0 Å². The minimum Gasteiger partial charge on any atom is -0.493 e. The smallest absolute Gasteiger partial charge is 0.291 e. The first-order chi connectivity index (χ1) is 13.5. The van der Waals surface area contributed by atoms with E-state index in [0.29, 0.717) is 46.7 Å². The van der Waals surface area contributed by atoms with Crippen molar-refractivity contribution in [1.82, 2.24) is 5.32 Å². The molecule has 0 saturated carbocycles. The van der Waals surface area contributed by atoms with Crippen LogP contribution in [0.2, 0.25) is 10.0 Å². The Morgan fingerprint density at radius 3 is 2.43 bits per heavy atom. The van der Waals surface area contributed by atoms with Crippen molar-refractivity contribution in [2.75, 3.05) is 27.4 Å². The van der Waals surface area contributed by atoms with Crippen LogP contribution in [-0.4, -0.2) is 39.3 Å². The van der Waals surface area contributed by atoms with Gasteiger partial charge >= 0.3 is 0 Å². The molecular formula is C20H22Cl2N2O4. The van der Waals surface area contributed by atoms with Crippen LogP contribution in [0.5, 0.6) is 11.5 Å². The summed E-state index contributed by atoms with van der Waals surface area (Å²) in [7, 11) is 3.18. The molecule has 0 fully saturated rings. The van der Waals surface area contributed by atoms with Gasteiger partial charge in [-0.1, -0.05) is 29.3 Å². The van der Waals surface area contributed by atoms with Gasteiger partial charge in [-0.05, 0) is 49.2 Å². The fourth-order valence-corrected chi connectivity index (χ4v) is 2.69. The van der Waals surface area contributed by atoms with Crippen LogP contribution in [0.15, 0.2) is 41.4 Å². The van der Waals surface area contributed by atoms with Gasteiger partial charge in [0.05, 0.1) is 30.9 Å². The molecule has 1 amide bonds. The van der Waals surface area contributed by atoms with Gasteiger partial charge in [0, 0.05) is 12.1 Å². The van der Waals surface area contributed by atoms with Gasteiger partial charge in [0.2, 0.25) is 0 Å². The quantitative estimate of drug-likeness (QED) is 0.528. The predicted octanol–water partition coefficient (Wildman–Crippen LogP) is 4.38. The van der Waals surface area contributed by atoms with E-state index < -0.39 is 0 Å². The lowest BCUT2D eigenvalue weighted by Gasteiger charge is -2.11. The summed E-state index contributed by atoms with van der Waals surface area (Å²) in [4.78, 5) is 16.7. The summed E-state index contributed by atoms with van der Waals surface area (Å²) in [5.41, 5.74) is 1.38. The minimum absolute atomic E-state index is 0.152. The van der Waals surface area contributed by atoms with E-state index in [0.717, 1.165) is 5.56 Å². The number of amidine groups is 1. The summed E-state index contributed by atoms with van der Waals surface area (Å²) in [6.07, 6.45) is 0.638. The number of ether oxygens (including phenoxy) is 3. The number of benzene rings is 2. The molecule has 2 rings (SSSR count). The maximum atomic E-state index is 12.4. The fourth-order valence-electron chi connectivity index (χ4n) is 2.39. The number of methoxy groups -OCH3 is 2. The second-order valence-corrected chi connectivity index (χ2v) is 6.46. The molecule has 0 radical (unpaired) electrons. The first-order valence-corrected chi connectivity index (χ1v) is 9.38. The Bertz CT molecular complexity index is 856. The number of nitrogens with zero attached hydrogens (tertiary/aromatic N) is 1. The fraction of sp³-hybridized carbons (Fsp3) is 0.300. The molecule has 2 aromatic rings. The Balaban J connectivity index is 2.03. The van der Waals surface area contributed by atoms with Crippen LogP contribution in [0.3, 0.4) is 0 Å². The molecule has 8 heteroatoms. The molecule has 0 heterocycles. The number of rotatable bonds is 7. The van der Waals surface area contributed by atoms with Crippen molar-refractivity contribution >= 4 is 35.1 Å². The van der Waals surface area contributed by atoms with E-state index >= 15 is 0 Å². The number of halogens is 2. The number of nitrogens with one attached hydrogen (secondary N) is 1. The first-order valence-electron chi connectivity index (χ1n) is 8.63. The Hall–Kier alpha value is -2.44. The summed E-state index contributed by atoms with van der Waals surface area (Å²) in [5.74, 6) is 0.942. The molecule has 28 heavy (non-hydrogen) atoms. The molecule has 0 aliphatic heterocycles. The van der Waals surface area contributed by atoms with Crippen LogP contribution < -0.4 is 14.8 Å². The molecule has 0 saturated heterocycles. The Morgan fingerprint density at radius 1 is 1.04 bits per heavy atom. The lowest BCUT2D eigenvalue weighted by Crippen LogP contribution is -2.33. The third kappa shape index (κ3) is 6.04. The van der Waals surface area contributed by atoms with Gasteiger partial charge in [-0.3, -0.25) is 10.1 Å². The lowest BCUT2D eigenvalue weighted by molar-refractivity contribution is 0.0966. The molecule has 6 nitrogen and oxygen atoms in total. The maximum absolute atomic E-state index is 12.4. The number of carbonyl (C=O) groups excluding carboxylic acids is 1. The zero-order valence-corrected chi connectivity index (χ0v) is 17.4. The standard InChI is InChI=1S/C20H22Cl2N2O4/c1-4-28-20(24-19(25)14-6-7-15(21)16(22)12-14)23-10-9-13-5-8-17(26-2)18(11-13)27-3/h5-8,11-12H,4,9-10H2,1-3H3,(H,23,24,25). The molecule has 0 aliphatic carbocycles. The molecule has 0 aromatic heterocycles. The average Bonchev–Trinajstić information content (AvgIpc) is 2.69. The summed E-state index contributed by atoms with van der Waals surface area (Å²) < 4.78 is 16.0. The SMILES string of the molecule is CCOC(=NCCc1ccc(OC)c(OC)c1)NC(=O)c1ccc(Cl)c(Cl)c1. The van der Waals surface area contributed by atoms with Crippen LogP contribution in [0.25, 0.3) is 0 Å². The molecule has 2 aromatic carbocycles. The van der Waals surface area contributed by atoms with Gasteiger partial charge in [-0.2, -0.15) is 0 Å². The van der Waals surface area contributed by atoms with E-state index in [4.69, 9.17) is 37.4 Å². The highest BCUT2D eigenvalue weighted by Gasteiger charge is 2.12. The second kappa shape index (κ2) is 10.8. The zero-order valence-electron chi connectivity index (χ0n) is 15.9. The number of carbonyl (C=O) groups is 1. The van der Waals surface area contributed by atoms with E-state index in [1.165, 1.54) is 6.07 Å². The van der Waals surface area contributed by atoms with Crippen molar-refractivity contribution < 1.29 is 19.0 Å². The van der Waals surface area contributed by atoms with Crippen LogP contribution in [0.4, 0.5) is 0 Å². The van der Waals surface area contributed by atoms with E-state index in [9.17, 15) is 4.79 Å². The molecule has 1 N–H and O–H groups in total. The van der Waals surface area contributed by atoms with Crippen LogP contribution in [-0.2, 0) is 11.2 Å². The number of hydrogen-bond donors (Lipinski definition) is 1. The van der Waals surface area contributed by atoms with Crippen molar-refractivity contribution in [1.29, 1.82) is 0 Å². The van der Waals surface area contributed by atoms with Crippen molar-refractivity contribution in [3.8, 4) is 11.5 Å². The topological polar surface area (TPSA) is 69.2 Å². The predicted molar refractivity (Wildman–Crippen MR) is 111 cm³/mol. The molecule has 0 unspecified atom stereocenters. The van der Waals surface area contributed by atoms with Crippen LogP contribution in [0.1, 0.15) is 22.8 Å². The summed E-state index contributed by atoms with van der Waals surface area (Å²) >= 11 is 11.8. The van der Waals surface area contributed by atoms with Crippen molar-refractivity contribution in [2.45, 2.75) is 13.3 Å². The van der Waals surface area contributed by atoms with E-state index in [2.05, 4.69) is 10.3 Å². The van der Waals surface area contributed by atoms with E-state index in [1.54, 1.807) is 26.4 Å². The highest BCUT2D eigenvalue weighted by Crippen LogP contribution is 2.27. The van der Waals surface area contributed by atoms with Crippen LogP contribution >= 0.6 is 23.2 Å². The molecule has 0 bridgehead atoms. The minimum atomic E-state index is -0.378.